The summed E-state index contributed by atoms with van der Waals surface area (Å²) in [6, 6.07) is 0. The van der Waals surface area contributed by atoms with Crippen molar-refractivity contribution in [2.45, 2.75) is 74.3 Å². The number of aliphatic hydroxyl groups excluding tert-OH is 8. The lowest BCUT2D eigenvalue weighted by Gasteiger charge is -2.39. The minimum Gasteiger partial charge on any atom is -0.394 e. The van der Waals surface area contributed by atoms with Crippen LogP contribution in [0.2, 0.25) is 0 Å². The molecule has 4 unspecified atom stereocenters. The highest BCUT2D eigenvalue weighted by molar-refractivity contribution is 4.90. The second-order valence-electron chi connectivity index (χ2n) is 7.18. The highest BCUT2D eigenvalue weighted by Gasteiger charge is 2.44. The Balaban J connectivity index is 1.63. The second-order valence-corrected chi connectivity index (χ2v) is 7.18. The molecule has 10 atom stereocenters. The van der Waals surface area contributed by atoms with Crippen LogP contribution in [0.25, 0.3) is 0 Å². The van der Waals surface area contributed by atoms with Crippen molar-refractivity contribution in [3.8, 4) is 0 Å². The van der Waals surface area contributed by atoms with E-state index < -0.39 is 74.6 Å². The molecule has 2 heterocycles. The van der Waals surface area contributed by atoms with E-state index in [0.717, 1.165) is 0 Å². The minimum atomic E-state index is -1.49. The van der Waals surface area contributed by atoms with E-state index in [-0.39, 0.29) is 13.2 Å². The van der Waals surface area contributed by atoms with Crippen LogP contribution in [0.15, 0.2) is 12.2 Å². The highest BCUT2D eigenvalue weighted by atomic mass is 16.7. The van der Waals surface area contributed by atoms with E-state index in [1.165, 1.54) is 0 Å². The Morgan fingerprint density at radius 1 is 0.567 bits per heavy atom. The standard InChI is InChI=1S/C18H32O12/c19-7-9-11(21)13(23)15(25)17(29-9)27-5-3-1-2-4-6-28-18-16(26)14(24)12(22)10(8-20)30-18/h1-2,9-26H,3-8H2/t9?,10?,11-,12+,13+,14-,15?,16?,17+,18-. The van der Waals surface area contributed by atoms with E-state index in [4.69, 9.17) is 29.2 Å². The van der Waals surface area contributed by atoms with Gasteiger partial charge in [0.2, 0.25) is 0 Å². The van der Waals surface area contributed by atoms with Crippen LogP contribution in [-0.2, 0) is 18.9 Å². The summed E-state index contributed by atoms with van der Waals surface area (Å²) in [4.78, 5) is 0. The molecule has 8 N–H and O–H groups in total. The molecule has 0 aromatic carbocycles. The number of hydrogen-bond donors (Lipinski definition) is 8. The molecule has 0 aromatic rings. The van der Waals surface area contributed by atoms with Crippen LogP contribution in [0.1, 0.15) is 12.8 Å². The maximum absolute atomic E-state index is 9.85. The number of hydrogen-bond acceptors (Lipinski definition) is 12. The van der Waals surface area contributed by atoms with Crippen molar-refractivity contribution in [2.24, 2.45) is 0 Å². The van der Waals surface area contributed by atoms with Crippen LogP contribution >= 0.6 is 0 Å². The van der Waals surface area contributed by atoms with Crippen molar-refractivity contribution in [1.82, 2.24) is 0 Å². The van der Waals surface area contributed by atoms with Crippen molar-refractivity contribution < 1.29 is 59.8 Å². The largest absolute Gasteiger partial charge is 0.394 e. The zero-order valence-corrected chi connectivity index (χ0v) is 16.4. The van der Waals surface area contributed by atoms with Gasteiger partial charge in [0.25, 0.3) is 0 Å². The molecule has 0 spiro atoms. The first-order valence-electron chi connectivity index (χ1n) is 9.81. The van der Waals surface area contributed by atoms with Gasteiger partial charge in [-0.05, 0) is 12.8 Å². The van der Waals surface area contributed by atoms with Gasteiger partial charge in [-0.3, -0.25) is 0 Å². The Bertz CT molecular complexity index is 471. The van der Waals surface area contributed by atoms with Crippen LogP contribution in [0, 0.1) is 0 Å². The molecular weight excluding hydrogens is 408 g/mol. The molecule has 0 aliphatic carbocycles. The normalized spacial score (nSPS) is 42.7. The number of rotatable bonds is 10. The van der Waals surface area contributed by atoms with Gasteiger partial charge in [-0.15, -0.1) is 0 Å². The molecule has 2 fully saturated rings. The fourth-order valence-electron chi connectivity index (χ4n) is 3.15. The molecular formula is C18H32O12. The summed E-state index contributed by atoms with van der Waals surface area (Å²) in [5.74, 6) is 0. The maximum Gasteiger partial charge on any atom is 0.186 e. The quantitative estimate of drug-likeness (QED) is 0.121. The van der Waals surface area contributed by atoms with Gasteiger partial charge in [0.15, 0.2) is 12.6 Å². The van der Waals surface area contributed by atoms with E-state index in [9.17, 15) is 30.6 Å². The average molecular weight is 440 g/mol. The van der Waals surface area contributed by atoms with Crippen molar-refractivity contribution in [2.75, 3.05) is 26.4 Å². The van der Waals surface area contributed by atoms with Crippen LogP contribution < -0.4 is 0 Å². The van der Waals surface area contributed by atoms with Gasteiger partial charge in [0.05, 0.1) is 26.4 Å². The lowest BCUT2D eigenvalue weighted by atomic mass is 9.99. The second kappa shape index (κ2) is 12.3. The third kappa shape index (κ3) is 6.38. The van der Waals surface area contributed by atoms with E-state index in [1.54, 1.807) is 12.2 Å². The molecule has 30 heavy (non-hydrogen) atoms. The first-order valence-corrected chi connectivity index (χ1v) is 9.81. The van der Waals surface area contributed by atoms with E-state index in [1.807, 2.05) is 0 Å². The zero-order valence-electron chi connectivity index (χ0n) is 16.4. The summed E-state index contributed by atoms with van der Waals surface area (Å²) in [6.45, 7) is -0.766. The first-order chi connectivity index (χ1) is 14.3. The first kappa shape index (κ1) is 25.5. The lowest BCUT2D eigenvalue weighted by Crippen LogP contribution is -2.59. The van der Waals surface area contributed by atoms with Gasteiger partial charge in [-0.2, -0.15) is 0 Å². The number of ether oxygens (including phenoxy) is 4. The molecule has 0 amide bonds. The Hall–Kier alpha value is -0.740. The predicted octanol–water partition coefficient (Wildman–Crippen LogP) is -4.04. The Morgan fingerprint density at radius 3 is 1.27 bits per heavy atom. The van der Waals surface area contributed by atoms with Gasteiger partial charge in [0, 0.05) is 0 Å². The summed E-state index contributed by atoms with van der Waals surface area (Å²) in [5, 5.41) is 76.7. The smallest absolute Gasteiger partial charge is 0.186 e. The summed E-state index contributed by atoms with van der Waals surface area (Å²) in [7, 11) is 0. The minimum absolute atomic E-state index is 0.146. The summed E-state index contributed by atoms with van der Waals surface area (Å²) in [5.41, 5.74) is 0. The fraction of sp³-hybridized carbons (Fsp3) is 0.889. The van der Waals surface area contributed by atoms with Crippen molar-refractivity contribution in [1.29, 1.82) is 0 Å². The SMILES string of the molecule is OCC1O[C@H](OCCC=CCCO[C@@H]2OC(CO)[C@H](O)[C@@H](O)C2O)C(O)[C@@H](O)[C@@H]1O. The van der Waals surface area contributed by atoms with Crippen LogP contribution in [0.5, 0.6) is 0 Å². The molecule has 2 aliphatic heterocycles. The molecule has 0 radical (unpaired) electrons. The van der Waals surface area contributed by atoms with Crippen molar-refractivity contribution in [3.63, 3.8) is 0 Å². The monoisotopic (exact) mass is 440 g/mol. The van der Waals surface area contributed by atoms with Gasteiger partial charge >= 0.3 is 0 Å². The molecule has 176 valence electrons. The summed E-state index contributed by atoms with van der Waals surface area (Å²) < 4.78 is 21.1. The zero-order chi connectivity index (χ0) is 22.3. The Kier molecular flexibility index (Phi) is 10.5. The Labute approximate surface area is 173 Å². The number of aliphatic hydroxyl groups is 8. The topological polar surface area (TPSA) is 199 Å². The molecule has 2 aliphatic rings. The molecule has 12 nitrogen and oxygen atoms in total. The fourth-order valence-corrected chi connectivity index (χ4v) is 3.15. The van der Waals surface area contributed by atoms with Gasteiger partial charge in [-0.25, -0.2) is 0 Å². The van der Waals surface area contributed by atoms with Crippen molar-refractivity contribution in [3.05, 3.63) is 12.2 Å². The van der Waals surface area contributed by atoms with Gasteiger partial charge in [-0.1, -0.05) is 12.2 Å². The Morgan fingerprint density at radius 2 is 0.933 bits per heavy atom. The van der Waals surface area contributed by atoms with Gasteiger partial charge in [0.1, 0.15) is 48.8 Å². The molecule has 0 saturated carbocycles. The third-order valence-electron chi connectivity index (χ3n) is 5.00. The molecule has 0 bridgehead atoms. The predicted molar refractivity (Wildman–Crippen MR) is 97.8 cm³/mol. The lowest BCUT2D eigenvalue weighted by molar-refractivity contribution is -0.300. The maximum atomic E-state index is 9.85. The van der Waals surface area contributed by atoms with Crippen LogP contribution in [-0.4, -0.2) is 129 Å². The molecule has 2 saturated heterocycles. The van der Waals surface area contributed by atoms with E-state index >= 15 is 0 Å². The molecule has 2 rings (SSSR count). The van der Waals surface area contributed by atoms with E-state index in [0.29, 0.717) is 12.8 Å². The average Bonchev–Trinajstić information content (AvgIpc) is 2.75. The third-order valence-corrected chi connectivity index (χ3v) is 5.00. The van der Waals surface area contributed by atoms with Crippen molar-refractivity contribution >= 4 is 0 Å². The van der Waals surface area contributed by atoms with Crippen LogP contribution in [0.4, 0.5) is 0 Å². The summed E-state index contributed by atoms with van der Waals surface area (Å²) >= 11 is 0. The molecule has 0 aromatic heterocycles. The van der Waals surface area contributed by atoms with E-state index in [2.05, 4.69) is 0 Å². The summed E-state index contributed by atoms with van der Waals surface area (Å²) in [6.07, 6.45) is -8.74. The molecule has 12 heteroatoms. The van der Waals surface area contributed by atoms with Gasteiger partial charge < -0.3 is 59.8 Å². The van der Waals surface area contributed by atoms with Crippen LogP contribution in [0.3, 0.4) is 0 Å². The highest BCUT2D eigenvalue weighted by Crippen LogP contribution is 2.23.